The first kappa shape index (κ1) is 15.8. The number of oxazole rings is 1. The summed E-state index contributed by atoms with van der Waals surface area (Å²) in [6, 6.07) is 8.45. The Kier molecular flexibility index (Phi) is 4.81. The fraction of sp³-hybridized carbons (Fsp3) is 0.529. The summed E-state index contributed by atoms with van der Waals surface area (Å²) in [7, 11) is 4.01. The number of benzene rings is 1. The van der Waals surface area contributed by atoms with Crippen LogP contribution in [0.2, 0.25) is 0 Å². The molecule has 0 radical (unpaired) electrons. The van der Waals surface area contributed by atoms with Crippen molar-refractivity contribution in [3.63, 3.8) is 0 Å². The van der Waals surface area contributed by atoms with Crippen LogP contribution in [0.1, 0.15) is 12.8 Å². The summed E-state index contributed by atoms with van der Waals surface area (Å²) in [5, 5.41) is 3.02. The van der Waals surface area contributed by atoms with Crippen molar-refractivity contribution in [2.24, 2.45) is 5.92 Å². The molecule has 0 aliphatic carbocycles. The van der Waals surface area contributed by atoms with Gasteiger partial charge in [-0.25, -0.2) is 0 Å². The molecule has 1 fully saturated rings. The van der Waals surface area contributed by atoms with E-state index in [2.05, 4.69) is 20.1 Å². The minimum atomic E-state index is 0.0952. The second kappa shape index (κ2) is 7.00. The maximum Gasteiger partial charge on any atom is 0.298 e. The molecule has 1 aromatic heterocycles. The molecule has 3 rings (SSSR count). The van der Waals surface area contributed by atoms with E-state index in [1.54, 1.807) is 0 Å². The van der Waals surface area contributed by atoms with E-state index in [1.165, 1.54) is 0 Å². The van der Waals surface area contributed by atoms with Crippen LogP contribution in [-0.2, 0) is 4.79 Å². The molecule has 124 valence electrons. The van der Waals surface area contributed by atoms with Gasteiger partial charge in [0.1, 0.15) is 5.52 Å². The number of amides is 1. The minimum absolute atomic E-state index is 0.0952. The number of hydrogen-bond acceptors (Lipinski definition) is 5. The van der Waals surface area contributed by atoms with E-state index in [4.69, 9.17) is 4.42 Å². The SMILES string of the molecule is CN(C)CCNC(=O)C1CCN(c2nc3ccccc3o2)CC1. The first-order valence-electron chi connectivity index (χ1n) is 8.16. The Morgan fingerprint density at radius 1 is 1.35 bits per heavy atom. The van der Waals surface area contributed by atoms with Crippen molar-refractivity contribution in [2.75, 3.05) is 45.2 Å². The molecule has 0 saturated carbocycles. The molecule has 1 aliphatic heterocycles. The lowest BCUT2D eigenvalue weighted by molar-refractivity contribution is -0.125. The molecular weight excluding hydrogens is 292 g/mol. The van der Waals surface area contributed by atoms with E-state index < -0.39 is 0 Å². The van der Waals surface area contributed by atoms with Gasteiger partial charge in [0.05, 0.1) is 0 Å². The molecule has 0 unspecified atom stereocenters. The highest BCUT2D eigenvalue weighted by molar-refractivity contribution is 5.79. The molecule has 23 heavy (non-hydrogen) atoms. The number of aromatic nitrogens is 1. The quantitative estimate of drug-likeness (QED) is 0.910. The number of nitrogens with one attached hydrogen (secondary N) is 1. The largest absolute Gasteiger partial charge is 0.423 e. The summed E-state index contributed by atoms with van der Waals surface area (Å²) in [5.74, 6) is 0.266. The summed E-state index contributed by atoms with van der Waals surface area (Å²) in [6.07, 6.45) is 1.68. The molecule has 1 N–H and O–H groups in total. The average Bonchev–Trinajstić information content (AvgIpc) is 2.98. The highest BCUT2D eigenvalue weighted by atomic mass is 16.4. The lowest BCUT2D eigenvalue weighted by atomic mass is 9.96. The third-order valence-electron chi connectivity index (χ3n) is 4.28. The molecule has 1 saturated heterocycles. The molecule has 0 atom stereocenters. The number of likely N-dealkylation sites (N-methyl/N-ethyl adjacent to an activating group) is 1. The van der Waals surface area contributed by atoms with Crippen molar-refractivity contribution >= 4 is 23.0 Å². The topological polar surface area (TPSA) is 61.6 Å². The maximum absolute atomic E-state index is 12.2. The standard InChI is InChI=1S/C17H24N4O2/c1-20(2)12-9-18-16(22)13-7-10-21(11-8-13)17-19-14-5-3-4-6-15(14)23-17/h3-6,13H,7-12H2,1-2H3,(H,18,22). The molecule has 0 spiro atoms. The van der Waals surface area contributed by atoms with Crippen LogP contribution in [0.25, 0.3) is 11.1 Å². The van der Waals surface area contributed by atoms with Gasteiger partial charge in [-0.15, -0.1) is 0 Å². The van der Waals surface area contributed by atoms with Gasteiger partial charge in [-0.1, -0.05) is 12.1 Å². The monoisotopic (exact) mass is 316 g/mol. The number of fused-ring (bicyclic) bond motifs is 1. The Morgan fingerprint density at radius 2 is 2.09 bits per heavy atom. The van der Waals surface area contributed by atoms with Gasteiger partial charge in [0.15, 0.2) is 5.58 Å². The lowest BCUT2D eigenvalue weighted by Crippen LogP contribution is -2.42. The van der Waals surface area contributed by atoms with Crippen molar-refractivity contribution in [1.82, 2.24) is 15.2 Å². The number of carbonyl (C=O) groups is 1. The van der Waals surface area contributed by atoms with Gasteiger partial charge < -0.3 is 19.5 Å². The average molecular weight is 316 g/mol. The van der Waals surface area contributed by atoms with Crippen molar-refractivity contribution in [3.05, 3.63) is 24.3 Å². The van der Waals surface area contributed by atoms with Gasteiger partial charge in [0.2, 0.25) is 5.91 Å². The van der Waals surface area contributed by atoms with Crippen LogP contribution in [0.4, 0.5) is 6.01 Å². The normalized spacial score (nSPS) is 16.2. The fourth-order valence-corrected chi connectivity index (χ4v) is 2.88. The first-order valence-corrected chi connectivity index (χ1v) is 8.16. The van der Waals surface area contributed by atoms with Crippen molar-refractivity contribution in [2.45, 2.75) is 12.8 Å². The Hall–Kier alpha value is -2.08. The number of nitrogens with zero attached hydrogens (tertiary/aromatic N) is 3. The van der Waals surface area contributed by atoms with Crippen LogP contribution in [0, 0.1) is 5.92 Å². The predicted octanol–water partition coefficient (Wildman–Crippen LogP) is 1.72. The van der Waals surface area contributed by atoms with Crippen molar-refractivity contribution in [3.8, 4) is 0 Å². The molecule has 0 bridgehead atoms. The van der Waals surface area contributed by atoms with Gasteiger partial charge in [0, 0.05) is 32.1 Å². The number of piperidine rings is 1. The summed E-state index contributed by atoms with van der Waals surface area (Å²) in [4.78, 5) is 20.9. The number of carbonyl (C=O) groups excluding carboxylic acids is 1. The van der Waals surface area contributed by atoms with Gasteiger partial charge in [-0.3, -0.25) is 4.79 Å². The summed E-state index contributed by atoms with van der Waals surface area (Å²) >= 11 is 0. The summed E-state index contributed by atoms with van der Waals surface area (Å²) in [6.45, 7) is 3.18. The zero-order valence-electron chi connectivity index (χ0n) is 13.8. The Labute approximate surface area is 136 Å². The predicted molar refractivity (Wildman–Crippen MR) is 90.5 cm³/mol. The summed E-state index contributed by atoms with van der Waals surface area (Å²) in [5.41, 5.74) is 1.69. The number of rotatable bonds is 5. The first-order chi connectivity index (χ1) is 11.1. The van der Waals surface area contributed by atoms with Crippen LogP contribution in [0.15, 0.2) is 28.7 Å². The van der Waals surface area contributed by atoms with Crippen LogP contribution in [0.3, 0.4) is 0 Å². The lowest BCUT2D eigenvalue weighted by Gasteiger charge is -2.30. The van der Waals surface area contributed by atoms with Crippen molar-refractivity contribution in [1.29, 1.82) is 0 Å². The third-order valence-corrected chi connectivity index (χ3v) is 4.28. The minimum Gasteiger partial charge on any atom is -0.423 e. The molecular formula is C17H24N4O2. The second-order valence-electron chi connectivity index (χ2n) is 6.32. The van der Waals surface area contributed by atoms with E-state index >= 15 is 0 Å². The van der Waals surface area contributed by atoms with Gasteiger partial charge in [0.25, 0.3) is 6.01 Å². The van der Waals surface area contributed by atoms with Gasteiger partial charge in [-0.2, -0.15) is 4.98 Å². The highest BCUT2D eigenvalue weighted by Gasteiger charge is 2.26. The second-order valence-corrected chi connectivity index (χ2v) is 6.32. The molecule has 2 heterocycles. The van der Waals surface area contributed by atoms with Crippen LogP contribution in [-0.4, -0.2) is 56.1 Å². The highest BCUT2D eigenvalue weighted by Crippen LogP contribution is 2.26. The van der Waals surface area contributed by atoms with E-state index in [-0.39, 0.29) is 11.8 Å². The number of para-hydroxylation sites is 2. The van der Waals surface area contributed by atoms with Gasteiger partial charge in [-0.05, 0) is 39.1 Å². The number of hydrogen-bond donors (Lipinski definition) is 1. The van der Waals surface area contributed by atoms with Crippen LogP contribution in [0.5, 0.6) is 0 Å². The Bertz CT molecular complexity index is 626. The van der Waals surface area contributed by atoms with E-state index in [0.29, 0.717) is 12.6 Å². The molecule has 1 aliphatic rings. The molecule has 6 nitrogen and oxygen atoms in total. The van der Waals surface area contributed by atoms with Crippen LogP contribution >= 0.6 is 0 Å². The smallest absolute Gasteiger partial charge is 0.298 e. The van der Waals surface area contributed by atoms with Crippen molar-refractivity contribution < 1.29 is 9.21 Å². The van der Waals surface area contributed by atoms with E-state index in [0.717, 1.165) is 43.6 Å². The fourth-order valence-electron chi connectivity index (χ4n) is 2.88. The van der Waals surface area contributed by atoms with Gasteiger partial charge >= 0.3 is 0 Å². The van der Waals surface area contributed by atoms with Crippen LogP contribution < -0.4 is 10.2 Å². The molecule has 2 aromatic rings. The number of anilines is 1. The maximum atomic E-state index is 12.2. The molecule has 6 heteroatoms. The third kappa shape index (κ3) is 3.82. The van der Waals surface area contributed by atoms with E-state index in [9.17, 15) is 4.79 Å². The zero-order chi connectivity index (χ0) is 16.2. The van der Waals surface area contributed by atoms with E-state index in [1.807, 2.05) is 38.4 Å². The summed E-state index contributed by atoms with van der Waals surface area (Å²) < 4.78 is 5.80. The Morgan fingerprint density at radius 3 is 2.78 bits per heavy atom. The zero-order valence-corrected chi connectivity index (χ0v) is 13.8. The molecule has 1 aromatic carbocycles. The molecule has 1 amide bonds. The Balaban J connectivity index is 1.52.